The van der Waals surface area contributed by atoms with Crippen LogP contribution in [0, 0.1) is 22.3 Å². The first-order valence-corrected chi connectivity index (χ1v) is 6.30. The lowest BCUT2D eigenvalue weighted by atomic mass is 9.49. The predicted molar refractivity (Wildman–Crippen MR) is 66.8 cm³/mol. The summed E-state index contributed by atoms with van der Waals surface area (Å²) >= 11 is 0. The molecule has 1 fully saturated rings. The van der Waals surface area contributed by atoms with Gasteiger partial charge in [-0.1, -0.05) is 41.5 Å². The molecule has 0 unspecified atom stereocenters. The van der Waals surface area contributed by atoms with Crippen molar-refractivity contribution in [3.8, 4) is 0 Å². The average Bonchev–Trinajstić information content (AvgIpc) is 2.14. The number of hydrogen-bond donors (Lipinski definition) is 1. The largest absolute Gasteiger partial charge is 0.251 e. The van der Waals surface area contributed by atoms with E-state index in [1.54, 1.807) is 0 Å². The van der Waals surface area contributed by atoms with Crippen molar-refractivity contribution in [2.45, 2.75) is 67.2 Å². The van der Waals surface area contributed by atoms with Crippen molar-refractivity contribution < 1.29 is 10.1 Å². The molecule has 0 aromatic heterocycles. The first-order valence-electron chi connectivity index (χ1n) is 6.30. The molecule has 2 heteroatoms. The molecule has 0 aliphatic heterocycles. The van der Waals surface area contributed by atoms with Crippen LogP contribution in [0.3, 0.4) is 0 Å². The van der Waals surface area contributed by atoms with Gasteiger partial charge in [0, 0.05) is 0 Å². The predicted octanol–water partition coefficient (Wildman–Crippen LogP) is 4.66. The molecular weight excluding hydrogens is 200 g/mol. The van der Waals surface area contributed by atoms with Crippen LogP contribution in [0.1, 0.15) is 67.2 Å². The first kappa shape index (κ1) is 14.0. The van der Waals surface area contributed by atoms with Crippen LogP contribution in [-0.2, 0) is 4.89 Å². The Morgan fingerprint density at radius 2 is 1.31 bits per heavy atom. The zero-order valence-electron chi connectivity index (χ0n) is 11.7. The van der Waals surface area contributed by atoms with E-state index in [9.17, 15) is 0 Å². The second-order valence-electron chi connectivity index (χ2n) is 7.21. The quantitative estimate of drug-likeness (QED) is 0.521. The van der Waals surface area contributed by atoms with E-state index < -0.39 is 0 Å². The highest BCUT2D eigenvalue weighted by Gasteiger charge is 2.51. The Hall–Kier alpha value is -0.0800. The van der Waals surface area contributed by atoms with E-state index in [2.05, 4.69) is 46.4 Å². The van der Waals surface area contributed by atoms with Crippen LogP contribution in [-0.4, -0.2) is 5.26 Å². The minimum Gasteiger partial charge on any atom is -0.251 e. The number of rotatable bonds is 1. The summed E-state index contributed by atoms with van der Waals surface area (Å²) in [6, 6.07) is 0. The standard InChI is InChI=1S/C14H27O2/c1-12(2,3)14(13(4,5)6)9-7-11(16-15)8-10-14/h15H,7-10H2,1-6H3. The average molecular weight is 227 g/mol. The number of hydrogen-bond acceptors (Lipinski definition) is 2. The summed E-state index contributed by atoms with van der Waals surface area (Å²) in [5.74, 6) is 0. The SMILES string of the molecule is CC(C)(C)C1(C(C)(C)C)CC[C](OO)CC1. The van der Waals surface area contributed by atoms with Crippen molar-refractivity contribution in [1.82, 2.24) is 0 Å². The maximum Gasteiger partial charge on any atom is 0.135 e. The zero-order valence-corrected chi connectivity index (χ0v) is 11.7. The molecule has 0 aromatic rings. The fraction of sp³-hybridized carbons (Fsp3) is 0.929. The van der Waals surface area contributed by atoms with Crippen molar-refractivity contribution in [2.75, 3.05) is 0 Å². The van der Waals surface area contributed by atoms with E-state index in [0.717, 1.165) is 31.8 Å². The highest BCUT2D eigenvalue weighted by Crippen LogP contribution is 2.60. The van der Waals surface area contributed by atoms with Crippen molar-refractivity contribution in [3.63, 3.8) is 0 Å². The zero-order chi connectivity index (χ0) is 12.6. The third-order valence-electron chi connectivity index (χ3n) is 4.66. The Labute approximate surface area is 100 Å². The molecule has 0 bridgehead atoms. The maximum atomic E-state index is 8.73. The summed E-state index contributed by atoms with van der Waals surface area (Å²) in [5.41, 5.74) is 0.889. The van der Waals surface area contributed by atoms with E-state index in [1.807, 2.05) is 0 Å². The van der Waals surface area contributed by atoms with Gasteiger partial charge < -0.3 is 0 Å². The Balaban J connectivity index is 2.93. The van der Waals surface area contributed by atoms with E-state index in [4.69, 9.17) is 5.26 Å². The first-order chi connectivity index (χ1) is 7.14. The van der Waals surface area contributed by atoms with Gasteiger partial charge in [0.2, 0.25) is 0 Å². The summed E-state index contributed by atoms with van der Waals surface area (Å²) in [6.07, 6.45) is 4.85. The van der Waals surface area contributed by atoms with Crippen LogP contribution in [0.4, 0.5) is 0 Å². The van der Waals surface area contributed by atoms with Gasteiger partial charge in [-0.05, 0) is 41.9 Å². The summed E-state index contributed by atoms with van der Waals surface area (Å²) in [4.78, 5) is 4.43. The summed E-state index contributed by atoms with van der Waals surface area (Å²) in [5, 5.41) is 8.73. The van der Waals surface area contributed by atoms with E-state index in [-0.39, 0.29) is 10.8 Å². The maximum absolute atomic E-state index is 8.73. The molecule has 1 rings (SSSR count). The normalized spacial score (nSPS) is 23.4. The molecule has 0 aromatic carbocycles. The van der Waals surface area contributed by atoms with Crippen molar-refractivity contribution in [2.24, 2.45) is 16.2 Å². The fourth-order valence-electron chi connectivity index (χ4n) is 3.67. The minimum atomic E-state index is 0.284. The Morgan fingerprint density at radius 1 is 0.938 bits per heavy atom. The van der Waals surface area contributed by atoms with Gasteiger partial charge in [0.25, 0.3) is 0 Å². The molecule has 0 spiro atoms. The molecule has 1 aliphatic rings. The van der Waals surface area contributed by atoms with Gasteiger partial charge in [-0.15, -0.1) is 0 Å². The molecule has 2 nitrogen and oxygen atoms in total. The van der Waals surface area contributed by atoms with Crippen LogP contribution < -0.4 is 0 Å². The van der Waals surface area contributed by atoms with E-state index in [1.165, 1.54) is 0 Å². The van der Waals surface area contributed by atoms with Crippen molar-refractivity contribution >= 4 is 0 Å². The van der Waals surface area contributed by atoms with Gasteiger partial charge >= 0.3 is 0 Å². The summed E-state index contributed by atoms with van der Waals surface area (Å²) in [6.45, 7) is 14.0. The van der Waals surface area contributed by atoms with Crippen LogP contribution in [0.25, 0.3) is 0 Å². The van der Waals surface area contributed by atoms with Crippen LogP contribution in [0.15, 0.2) is 0 Å². The summed E-state index contributed by atoms with van der Waals surface area (Å²) in [7, 11) is 0. The highest BCUT2D eigenvalue weighted by atomic mass is 17.1. The van der Waals surface area contributed by atoms with Gasteiger partial charge in [0.15, 0.2) is 0 Å². The second kappa shape index (κ2) is 4.30. The van der Waals surface area contributed by atoms with Gasteiger partial charge in [-0.2, -0.15) is 0 Å². The minimum absolute atomic E-state index is 0.284. The van der Waals surface area contributed by atoms with Crippen LogP contribution in [0.2, 0.25) is 0 Å². The molecule has 0 saturated heterocycles. The molecule has 1 aliphatic carbocycles. The Kier molecular flexibility index (Phi) is 3.76. The molecule has 1 N–H and O–H groups in total. The molecule has 0 atom stereocenters. The van der Waals surface area contributed by atoms with Crippen LogP contribution >= 0.6 is 0 Å². The van der Waals surface area contributed by atoms with Gasteiger partial charge in [-0.3, -0.25) is 5.26 Å². The van der Waals surface area contributed by atoms with Gasteiger partial charge in [-0.25, -0.2) is 4.89 Å². The van der Waals surface area contributed by atoms with Gasteiger partial charge in [0.1, 0.15) is 6.10 Å². The molecule has 16 heavy (non-hydrogen) atoms. The topological polar surface area (TPSA) is 29.5 Å². The third kappa shape index (κ3) is 2.28. The lowest BCUT2D eigenvalue weighted by molar-refractivity contribution is -0.248. The monoisotopic (exact) mass is 227 g/mol. The Morgan fingerprint density at radius 3 is 1.56 bits per heavy atom. The van der Waals surface area contributed by atoms with Gasteiger partial charge in [0.05, 0.1) is 0 Å². The molecule has 1 saturated carbocycles. The summed E-state index contributed by atoms with van der Waals surface area (Å²) < 4.78 is 0. The fourth-order valence-corrected chi connectivity index (χ4v) is 3.67. The molecule has 0 heterocycles. The highest BCUT2D eigenvalue weighted by molar-refractivity contribution is 5.04. The van der Waals surface area contributed by atoms with E-state index >= 15 is 0 Å². The Bertz CT molecular complexity index is 208. The third-order valence-corrected chi connectivity index (χ3v) is 4.66. The lowest BCUT2D eigenvalue weighted by Gasteiger charge is -2.56. The molecular formula is C14H27O2. The van der Waals surface area contributed by atoms with Crippen LogP contribution in [0.5, 0.6) is 0 Å². The molecule has 95 valence electrons. The molecule has 0 amide bonds. The van der Waals surface area contributed by atoms with Crippen molar-refractivity contribution in [3.05, 3.63) is 6.10 Å². The van der Waals surface area contributed by atoms with E-state index in [0.29, 0.717) is 5.41 Å². The lowest BCUT2D eigenvalue weighted by Crippen LogP contribution is -2.48. The second-order valence-corrected chi connectivity index (χ2v) is 7.21. The smallest absolute Gasteiger partial charge is 0.135 e. The molecule has 1 radical (unpaired) electrons. The van der Waals surface area contributed by atoms with Crippen molar-refractivity contribution in [1.29, 1.82) is 0 Å².